The van der Waals surface area contributed by atoms with Crippen LogP contribution in [0.15, 0.2) is 36.4 Å². The van der Waals surface area contributed by atoms with Crippen LogP contribution in [-0.2, 0) is 4.79 Å². The van der Waals surface area contributed by atoms with Gasteiger partial charge in [-0.25, -0.2) is 0 Å². The highest BCUT2D eigenvalue weighted by atomic mass is 35.5. The van der Waals surface area contributed by atoms with Crippen molar-refractivity contribution >= 4 is 46.4 Å². The topological polar surface area (TPSA) is 95.8 Å². The lowest BCUT2D eigenvalue weighted by Crippen LogP contribution is -2.49. The van der Waals surface area contributed by atoms with Gasteiger partial charge < -0.3 is 10.2 Å². The fourth-order valence-electron chi connectivity index (χ4n) is 3.34. The highest BCUT2D eigenvalue weighted by Crippen LogP contribution is 2.23. The number of non-ortho nitro benzene ring substituents is 1. The van der Waals surface area contributed by atoms with E-state index in [0.29, 0.717) is 54.0 Å². The minimum atomic E-state index is -0.493. The molecule has 0 atom stereocenters. The third-order valence-electron chi connectivity index (χ3n) is 5.18. The molecule has 0 bridgehead atoms. The minimum absolute atomic E-state index is 0.0671. The van der Waals surface area contributed by atoms with Crippen molar-refractivity contribution in [3.05, 3.63) is 67.7 Å². The number of nitrogens with one attached hydrogen (secondary N) is 1. The molecule has 0 radical (unpaired) electrons. The molecule has 1 N–H and O–H groups in total. The number of benzene rings is 2. The molecule has 0 aromatic heterocycles. The van der Waals surface area contributed by atoms with Crippen LogP contribution in [0.4, 0.5) is 11.4 Å². The Morgan fingerprint density at radius 2 is 1.81 bits per heavy atom. The number of anilines is 1. The Bertz CT molecular complexity index is 1010. The summed E-state index contributed by atoms with van der Waals surface area (Å²) in [5, 5.41) is 14.5. The van der Waals surface area contributed by atoms with E-state index in [9.17, 15) is 19.7 Å². The molecule has 31 heavy (non-hydrogen) atoms. The molecule has 0 aliphatic carbocycles. The molecule has 0 spiro atoms. The zero-order valence-corrected chi connectivity index (χ0v) is 18.4. The van der Waals surface area contributed by atoms with Gasteiger partial charge in [0.25, 0.3) is 11.6 Å². The van der Waals surface area contributed by atoms with Crippen molar-refractivity contribution in [2.75, 3.05) is 38.0 Å². The number of piperazine rings is 1. The van der Waals surface area contributed by atoms with Gasteiger partial charge in [-0.3, -0.25) is 24.6 Å². The summed E-state index contributed by atoms with van der Waals surface area (Å²) in [6.07, 6.45) is 0.249. The summed E-state index contributed by atoms with van der Waals surface area (Å²) < 4.78 is 0. The molecule has 1 fully saturated rings. The van der Waals surface area contributed by atoms with Crippen molar-refractivity contribution in [1.82, 2.24) is 9.80 Å². The molecule has 164 valence electrons. The maximum absolute atomic E-state index is 12.7. The zero-order chi connectivity index (χ0) is 22.5. The Morgan fingerprint density at radius 1 is 1.10 bits per heavy atom. The summed E-state index contributed by atoms with van der Waals surface area (Å²) in [5.41, 5.74) is 1.55. The van der Waals surface area contributed by atoms with Gasteiger partial charge in [-0.2, -0.15) is 0 Å². The predicted octanol–water partition coefficient (Wildman–Crippen LogP) is 4.00. The number of rotatable bonds is 6. The molecule has 2 aromatic rings. The highest BCUT2D eigenvalue weighted by molar-refractivity contribution is 6.36. The van der Waals surface area contributed by atoms with Gasteiger partial charge in [-0.1, -0.05) is 29.3 Å². The molecule has 2 aromatic carbocycles. The lowest BCUT2D eigenvalue weighted by atomic mass is 10.1. The molecule has 10 heteroatoms. The molecule has 1 aliphatic rings. The summed E-state index contributed by atoms with van der Waals surface area (Å²) >= 11 is 12.0. The number of aryl methyl sites for hydroxylation is 1. The number of nitrogens with zero attached hydrogens (tertiary/aromatic N) is 3. The number of nitro benzene ring substituents is 1. The van der Waals surface area contributed by atoms with E-state index < -0.39 is 4.92 Å². The van der Waals surface area contributed by atoms with Gasteiger partial charge >= 0.3 is 0 Å². The van der Waals surface area contributed by atoms with Gasteiger partial charge in [0.2, 0.25) is 5.91 Å². The Morgan fingerprint density at radius 3 is 2.45 bits per heavy atom. The molecule has 1 heterocycles. The first-order valence-electron chi connectivity index (χ1n) is 9.76. The third-order valence-corrected chi connectivity index (χ3v) is 5.73. The second-order valence-electron chi connectivity index (χ2n) is 7.31. The largest absolute Gasteiger partial charge is 0.336 e. The van der Waals surface area contributed by atoms with Crippen LogP contribution in [0.25, 0.3) is 0 Å². The van der Waals surface area contributed by atoms with E-state index in [0.717, 1.165) is 5.56 Å². The first kappa shape index (κ1) is 23.0. The molecular weight excluding hydrogens is 443 g/mol. The first-order valence-corrected chi connectivity index (χ1v) is 10.5. The Balaban J connectivity index is 1.48. The van der Waals surface area contributed by atoms with Crippen LogP contribution in [0.5, 0.6) is 0 Å². The van der Waals surface area contributed by atoms with E-state index in [1.54, 1.807) is 36.1 Å². The fraction of sp³-hybridized carbons (Fsp3) is 0.333. The van der Waals surface area contributed by atoms with Crippen molar-refractivity contribution < 1.29 is 14.5 Å². The number of hydrogen-bond acceptors (Lipinski definition) is 5. The molecular formula is C21H22Cl2N4O4. The van der Waals surface area contributed by atoms with Crippen molar-refractivity contribution in [3.63, 3.8) is 0 Å². The second-order valence-corrected chi connectivity index (χ2v) is 8.16. The van der Waals surface area contributed by atoms with E-state index in [2.05, 4.69) is 10.2 Å². The fourth-order valence-corrected chi connectivity index (χ4v) is 3.83. The molecule has 3 rings (SSSR count). The molecule has 0 saturated carbocycles. The number of nitro groups is 1. The van der Waals surface area contributed by atoms with E-state index in [1.807, 2.05) is 0 Å². The van der Waals surface area contributed by atoms with Crippen molar-refractivity contribution in [1.29, 1.82) is 0 Å². The van der Waals surface area contributed by atoms with Crippen LogP contribution < -0.4 is 5.32 Å². The van der Waals surface area contributed by atoms with Gasteiger partial charge in [-0.05, 0) is 30.7 Å². The van der Waals surface area contributed by atoms with Crippen LogP contribution in [0.2, 0.25) is 10.0 Å². The molecule has 1 saturated heterocycles. The summed E-state index contributed by atoms with van der Waals surface area (Å²) in [6, 6.07) is 9.19. The van der Waals surface area contributed by atoms with E-state index in [4.69, 9.17) is 23.2 Å². The number of carbonyl (C=O) groups is 2. The van der Waals surface area contributed by atoms with Crippen LogP contribution in [-0.4, -0.2) is 59.3 Å². The lowest BCUT2D eigenvalue weighted by Gasteiger charge is -2.34. The summed E-state index contributed by atoms with van der Waals surface area (Å²) in [5.74, 6) is -0.352. The lowest BCUT2D eigenvalue weighted by molar-refractivity contribution is -0.384. The van der Waals surface area contributed by atoms with Crippen LogP contribution in [0.1, 0.15) is 22.3 Å². The van der Waals surface area contributed by atoms with Gasteiger partial charge in [0.15, 0.2) is 0 Å². The maximum Gasteiger partial charge on any atom is 0.271 e. The smallest absolute Gasteiger partial charge is 0.271 e. The van der Waals surface area contributed by atoms with E-state index in [1.165, 1.54) is 12.1 Å². The highest BCUT2D eigenvalue weighted by Gasteiger charge is 2.24. The van der Waals surface area contributed by atoms with E-state index >= 15 is 0 Å². The van der Waals surface area contributed by atoms with Crippen molar-refractivity contribution in [2.45, 2.75) is 13.3 Å². The number of amides is 2. The van der Waals surface area contributed by atoms with Gasteiger partial charge in [0.1, 0.15) is 0 Å². The van der Waals surface area contributed by atoms with Gasteiger partial charge in [-0.15, -0.1) is 0 Å². The number of carbonyl (C=O) groups excluding carboxylic acids is 2. The standard InChI is InChI=1S/C21H22Cl2N4O4/c1-14-2-4-16(27(30)31)13-19(14)24-20(28)6-7-25-8-10-26(11-9-25)21(29)17-5-3-15(22)12-18(17)23/h2-5,12-13H,6-11H2,1H3,(H,24,28). The van der Waals surface area contributed by atoms with Crippen LogP contribution >= 0.6 is 23.2 Å². The second kappa shape index (κ2) is 10.1. The van der Waals surface area contributed by atoms with Gasteiger partial charge in [0.05, 0.1) is 21.2 Å². The Hall–Kier alpha value is -2.68. The average molecular weight is 465 g/mol. The molecule has 0 unspecified atom stereocenters. The van der Waals surface area contributed by atoms with Crippen LogP contribution in [0, 0.1) is 17.0 Å². The Labute approximate surface area is 189 Å². The molecule has 2 amide bonds. The number of halogens is 2. The molecule has 8 nitrogen and oxygen atoms in total. The van der Waals surface area contributed by atoms with Crippen molar-refractivity contribution in [3.8, 4) is 0 Å². The minimum Gasteiger partial charge on any atom is -0.336 e. The van der Waals surface area contributed by atoms with Crippen molar-refractivity contribution in [2.24, 2.45) is 0 Å². The first-order chi connectivity index (χ1) is 14.7. The Kier molecular flexibility index (Phi) is 7.48. The summed E-state index contributed by atoms with van der Waals surface area (Å²) in [6.45, 7) is 4.65. The average Bonchev–Trinajstić information content (AvgIpc) is 2.73. The maximum atomic E-state index is 12.7. The van der Waals surface area contributed by atoms with Gasteiger partial charge in [0, 0.05) is 56.3 Å². The monoisotopic (exact) mass is 464 g/mol. The SMILES string of the molecule is Cc1ccc([N+](=O)[O-])cc1NC(=O)CCN1CCN(C(=O)c2ccc(Cl)cc2Cl)CC1. The van der Waals surface area contributed by atoms with E-state index in [-0.39, 0.29) is 23.9 Å². The summed E-state index contributed by atoms with van der Waals surface area (Å²) in [4.78, 5) is 39.3. The third kappa shape index (κ3) is 5.94. The van der Waals surface area contributed by atoms with Crippen LogP contribution in [0.3, 0.4) is 0 Å². The normalized spacial score (nSPS) is 14.4. The quantitative estimate of drug-likeness (QED) is 0.514. The predicted molar refractivity (Wildman–Crippen MR) is 120 cm³/mol. The number of hydrogen-bond donors (Lipinski definition) is 1. The molecule has 1 aliphatic heterocycles. The summed E-state index contributed by atoms with van der Waals surface area (Å²) in [7, 11) is 0. The zero-order valence-electron chi connectivity index (χ0n) is 16.9.